The van der Waals surface area contributed by atoms with Crippen LogP contribution in [0, 0.1) is 0 Å². The van der Waals surface area contributed by atoms with E-state index in [0.717, 1.165) is 30.7 Å². The second kappa shape index (κ2) is 16.0. The molecule has 5 N–H and O–H groups in total. The van der Waals surface area contributed by atoms with Crippen LogP contribution in [0.5, 0.6) is 11.5 Å². The molecule has 0 fully saturated rings. The molecule has 0 spiro atoms. The normalized spacial score (nSPS) is 12.4. The highest BCUT2D eigenvalue weighted by molar-refractivity contribution is 5.87. The number of benzene rings is 4. The number of aromatic nitrogens is 2. The molecular weight excluding hydrogens is 632 g/mol. The largest absolute Gasteiger partial charge is 0.506 e. The number of nitrogens with one attached hydrogen (secondary N) is 2. The summed E-state index contributed by atoms with van der Waals surface area (Å²) in [6.45, 7) is 2.88. The first-order valence-corrected chi connectivity index (χ1v) is 16.7. The summed E-state index contributed by atoms with van der Waals surface area (Å²) in [5.74, 6) is 1.68. The van der Waals surface area contributed by atoms with Crippen LogP contribution < -0.4 is 15.6 Å². The van der Waals surface area contributed by atoms with Gasteiger partial charge in [-0.1, -0.05) is 78.9 Å². The number of oxazole rings is 1. The molecule has 0 saturated heterocycles. The molecule has 0 aliphatic heterocycles. The fourth-order valence-electron chi connectivity index (χ4n) is 6.07. The Morgan fingerprint density at radius 1 is 0.940 bits per heavy atom. The maximum atomic E-state index is 11.9. The molecule has 1 atom stereocenters. The number of fused-ring (bicyclic) bond motifs is 1. The molecule has 0 saturated carbocycles. The topological polar surface area (TPSA) is 144 Å². The van der Waals surface area contributed by atoms with Crippen LogP contribution in [-0.4, -0.2) is 63.5 Å². The van der Waals surface area contributed by atoms with Crippen molar-refractivity contribution in [2.75, 3.05) is 33.3 Å². The van der Waals surface area contributed by atoms with Crippen molar-refractivity contribution < 1.29 is 24.5 Å². The van der Waals surface area contributed by atoms with Crippen LogP contribution in [0.1, 0.15) is 46.4 Å². The number of hydrogen-bond acceptors (Lipinski definition) is 9. The van der Waals surface area contributed by atoms with Gasteiger partial charge >= 0.3 is 0 Å². The van der Waals surface area contributed by atoms with Crippen molar-refractivity contribution in [1.82, 2.24) is 20.2 Å². The third kappa shape index (κ3) is 8.12. The number of aliphatic hydroxyl groups excluding tert-OH is 1. The Balaban J connectivity index is 0.924. The van der Waals surface area contributed by atoms with E-state index < -0.39 is 11.7 Å². The molecule has 0 radical (unpaired) electrons. The van der Waals surface area contributed by atoms with E-state index in [0.29, 0.717) is 59.6 Å². The molecule has 6 aromatic rings. The molecule has 0 bridgehead atoms. The van der Waals surface area contributed by atoms with Gasteiger partial charge in [0.15, 0.2) is 5.60 Å². The maximum absolute atomic E-state index is 11.9. The fourth-order valence-corrected chi connectivity index (χ4v) is 6.07. The number of H-pyrrole nitrogens is 1. The number of ether oxygens (including phenoxy) is 1. The molecule has 2 aromatic heterocycles. The summed E-state index contributed by atoms with van der Waals surface area (Å²) in [5, 5.41) is 36.7. The summed E-state index contributed by atoms with van der Waals surface area (Å²) < 4.78 is 12.1. The van der Waals surface area contributed by atoms with Gasteiger partial charge in [0.25, 0.3) is 0 Å². The van der Waals surface area contributed by atoms with E-state index in [2.05, 4.69) is 20.2 Å². The molecule has 10 heteroatoms. The van der Waals surface area contributed by atoms with E-state index in [1.165, 1.54) is 12.1 Å². The summed E-state index contributed by atoms with van der Waals surface area (Å²) >= 11 is 0. The molecule has 2 heterocycles. The minimum absolute atomic E-state index is 0.0303. The minimum Gasteiger partial charge on any atom is -0.506 e. The van der Waals surface area contributed by atoms with E-state index >= 15 is 0 Å². The monoisotopic (exact) mass is 674 g/mol. The van der Waals surface area contributed by atoms with E-state index in [9.17, 15) is 20.1 Å². The highest BCUT2D eigenvalue weighted by atomic mass is 16.5. The summed E-state index contributed by atoms with van der Waals surface area (Å²) in [4.78, 5) is 20.9. The Kier molecular flexibility index (Phi) is 11.0. The van der Waals surface area contributed by atoms with Crippen LogP contribution in [0.2, 0.25) is 0 Å². The van der Waals surface area contributed by atoms with Gasteiger partial charge in [0.2, 0.25) is 11.4 Å². The lowest BCUT2D eigenvalue weighted by Crippen LogP contribution is -2.29. The zero-order chi connectivity index (χ0) is 34.9. The third-order valence-electron chi connectivity index (χ3n) is 8.74. The van der Waals surface area contributed by atoms with Crippen molar-refractivity contribution in [3.8, 4) is 11.5 Å². The van der Waals surface area contributed by atoms with Crippen LogP contribution in [0.15, 0.2) is 125 Å². The van der Waals surface area contributed by atoms with E-state index in [1.54, 1.807) is 18.3 Å². The van der Waals surface area contributed by atoms with Crippen LogP contribution in [0.3, 0.4) is 0 Å². The molecule has 0 aliphatic rings. The number of phenols is 1. The number of aromatic hydroxyl groups is 1. The number of pyridine rings is 1. The van der Waals surface area contributed by atoms with Crippen LogP contribution in [0.4, 0.5) is 0 Å². The predicted octanol–water partition coefficient (Wildman–Crippen LogP) is 5.27. The maximum Gasteiger partial charge on any atom is 0.248 e. The van der Waals surface area contributed by atoms with Gasteiger partial charge in [0.1, 0.15) is 17.3 Å². The lowest BCUT2D eigenvalue weighted by molar-refractivity contribution is 0.0899. The molecule has 4 aromatic carbocycles. The number of aromatic amines is 1. The first kappa shape index (κ1) is 34.6. The number of hydrogen-bond donors (Lipinski definition) is 5. The summed E-state index contributed by atoms with van der Waals surface area (Å²) in [7, 11) is 2.01. The molecule has 10 nitrogen and oxygen atoms in total. The fraction of sp³-hybridized carbons (Fsp3) is 0.250. The Morgan fingerprint density at radius 2 is 1.64 bits per heavy atom. The van der Waals surface area contributed by atoms with Crippen molar-refractivity contribution in [2.45, 2.75) is 31.1 Å². The van der Waals surface area contributed by atoms with Crippen LogP contribution in [0.25, 0.3) is 10.9 Å². The van der Waals surface area contributed by atoms with Crippen LogP contribution in [-0.2, 0) is 18.6 Å². The smallest absolute Gasteiger partial charge is 0.248 e. The van der Waals surface area contributed by atoms with Gasteiger partial charge < -0.3 is 34.8 Å². The molecule has 6 rings (SSSR count). The van der Waals surface area contributed by atoms with Crippen molar-refractivity contribution >= 4 is 10.9 Å². The number of phenolic OH excluding ortho intramolecular Hbond substituents is 1. The SMILES string of the molecule is CN(CCCOc1ccc(CCNC[C@H](O)c2ccc(O)c3[nH]c(=O)ccc23)cc1)Cc1cnc(C(O)(c2ccccc2)c2ccccc2)o1. The first-order chi connectivity index (χ1) is 24.3. The van der Waals surface area contributed by atoms with Crippen molar-refractivity contribution in [2.24, 2.45) is 0 Å². The average molecular weight is 675 g/mol. The van der Waals surface area contributed by atoms with Gasteiger partial charge in [0, 0.05) is 24.5 Å². The van der Waals surface area contributed by atoms with Gasteiger partial charge in [-0.2, -0.15) is 0 Å². The van der Waals surface area contributed by atoms with Gasteiger partial charge in [-0.15, -0.1) is 0 Å². The highest BCUT2D eigenvalue weighted by Crippen LogP contribution is 2.36. The quantitative estimate of drug-likeness (QED) is 0.0868. The molecule has 0 unspecified atom stereocenters. The molecule has 0 aliphatic carbocycles. The number of rotatable bonds is 16. The predicted molar refractivity (Wildman–Crippen MR) is 192 cm³/mol. The Bertz CT molecular complexity index is 1990. The average Bonchev–Trinajstić information content (AvgIpc) is 3.62. The van der Waals surface area contributed by atoms with E-state index in [4.69, 9.17) is 9.15 Å². The lowest BCUT2D eigenvalue weighted by atomic mass is 9.86. The lowest BCUT2D eigenvalue weighted by Gasteiger charge is -2.26. The zero-order valence-corrected chi connectivity index (χ0v) is 28.0. The summed E-state index contributed by atoms with van der Waals surface area (Å²) in [6, 6.07) is 33.0. The number of aliphatic hydroxyl groups is 2. The molecule has 258 valence electrons. The first-order valence-electron chi connectivity index (χ1n) is 16.7. The zero-order valence-electron chi connectivity index (χ0n) is 28.0. The van der Waals surface area contributed by atoms with Crippen molar-refractivity contribution in [3.05, 3.63) is 160 Å². The second-order valence-corrected chi connectivity index (χ2v) is 12.4. The summed E-state index contributed by atoms with van der Waals surface area (Å²) in [6.07, 6.45) is 2.47. The molecule has 50 heavy (non-hydrogen) atoms. The molecular formula is C40H42N4O6. The third-order valence-corrected chi connectivity index (χ3v) is 8.74. The van der Waals surface area contributed by atoms with Gasteiger partial charge in [-0.05, 0) is 73.0 Å². The van der Waals surface area contributed by atoms with Gasteiger partial charge in [-0.25, -0.2) is 4.98 Å². The highest BCUT2D eigenvalue weighted by Gasteiger charge is 2.38. The van der Waals surface area contributed by atoms with Gasteiger partial charge in [-0.3, -0.25) is 9.69 Å². The van der Waals surface area contributed by atoms with Crippen molar-refractivity contribution in [3.63, 3.8) is 0 Å². The summed E-state index contributed by atoms with van der Waals surface area (Å²) in [5.41, 5.74) is 1.66. The molecule has 0 amide bonds. The second-order valence-electron chi connectivity index (χ2n) is 12.4. The van der Waals surface area contributed by atoms with Crippen molar-refractivity contribution in [1.29, 1.82) is 0 Å². The Morgan fingerprint density at radius 3 is 2.34 bits per heavy atom. The van der Waals surface area contributed by atoms with Gasteiger partial charge in [0.05, 0.1) is 31.0 Å². The van der Waals surface area contributed by atoms with E-state index in [1.807, 2.05) is 92.0 Å². The standard InChI is InChI=1S/C40H42N4O6/c1-44(27-32-25-42-39(50-32)40(48,29-9-4-2-5-10-29)30-11-6-3-7-12-30)23-8-24-49-31-15-13-28(14-16-31)21-22-41-26-36(46)33-17-19-35(45)38-34(33)18-20-37(47)43-38/h2-7,9-20,25,36,41,45-46,48H,8,21-24,26-27H2,1H3,(H,43,47)/t36-/m0/s1. The van der Waals surface area contributed by atoms with Crippen LogP contribution >= 0.6 is 0 Å². The Hall–Kier alpha value is -5.26. The minimum atomic E-state index is -1.50. The Labute approximate surface area is 290 Å². The number of nitrogens with zero attached hydrogens (tertiary/aromatic N) is 2. The van der Waals surface area contributed by atoms with E-state index in [-0.39, 0.29) is 17.2 Å².